The largest absolute Gasteiger partial charge is 0.353 e. The first-order valence-electron chi connectivity index (χ1n) is 6.90. The number of carbonyl (C=O) groups excluding carboxylic acids is 1. The molecular formula is C14H23N3OS. The zero-order valence-corrected chi connectivity index (χ0v) is 12.6. The van der Waals surface area contributed by atoms with Gasteiger partial charge < -0.3 is 5.32 Å². The molecule has 106 valence electrons. The van der Waals surface area contributed by atoms with E-state index >= 15 is 0 Å². The SMILES string of the molecule is CC(C)NC(=O)CN1CCN(Cc2cccs2)CC1. The molecule has 0 saturated carbocycles. The van der Waals surface area contributed by atoms with Crippen LogP contribution in [-0.2, 0) is 11.3 Å². The number of hydrogen-bond acceptors (Lipinski definition) is 4. The van der Waals surface area contributed by atoms with Crippen LogP contribution in [0.3, 0.4) is 0 Å². The van der Waals surface area contributed by atoms with Gasteiger partial charge in [-0.3, -0.25) is 14.6 Å². The molecule has 1 aromatic rings. The zero-order valence-electron chi connectivity index (χ0n) is 11.8. The number of thiophene rings is 1. The third-order valence-electron chi connectivity index (χ3n) is 3.24. The predicted molar refractivity (Wildman–Crippen MR) is 79.3 cm³/mol. The lowest BCUT2D eigenvalue weighted by Gasteiger charge is -2.34. The van der Waals surface area contributed by atoms with Crippen LogP contribution in [0.4, 0.5) is 0 Å². The van der Waals surface area contributed by atoms with Gasteiger partial charge in [0.25, 0.3) is 0 Å². The monoisotopic (exact) mass is 281 g/mol. The summed E-state index contributed by atoms with van der Waals surface area (Å²) in [6.45, 7) is 9.63. The molecule has 2 heterocycles. The van der Waals surface area contributed by atoms with Crippen LogP contribution in [0.2, 0.25) is 0 Å². The average Bonchev–Trinajstić information content (AvgIpc) is 2.83. The quantitative estimate of drug-likeness (QED) is 0.886. The first kappa shape index (κ1) is 14.5. The van der Waals surface area contributed by atoms with Gasteiger partial charge in [0.15, 0.2) is 0 Å². The second-order valence-electron chi connectivity index (χ2n) is 5.35. The second kappa shape index (κ2) is 7.03. The highest BCUT2D eigenvalue weighted by molar-refractivity contribution is 7.09. The van der Waals surface area contributed by atoms with Gasteiger partial charge in [-0.15, -0.1) is 11.3 Å². The molecule has 0 unspecified atom stereocenters. The smallest absolute Gasteiger partial charge is 0.234 e. The highest BCUT2D eigenvalue weighted by atomic mass is 32.1. The molecule has 0 spiro atoms. The van der Waals surface area contributed by atoms with E-state index < -0.39 is 0 Å². The fourth-order valence-electron chi connectivity index (χ4n) is 2.30. The first-order valence-corrected chi connectivity index (χ1v) is 7.78. The van der Waals surface area contributed by atoms with Crippen molar-refractivity contribution in [2.24, 2.45) is 0 Å². The molecule has 1 aliphatic heterocycles. The molecular weight excluding hydrogens is 258 g/mol. The van der Waals surface area contributed by atoms with Crippen LogP contribution in [0.5, 0.6) is 0 Å². The van der Waals surface area contributed by atoms with Gasteiger partial charge in [0.2, 0.25) is 5.91 Å². The lowest BCUT2D eigenvalue weighted by molar-refractivity contribution is -0.123. The minimum atomic E-state index is 0.140. The Hall–Kier alpha value is -0.910. The highest BCUT2D eigenvalue weighted by Crippen LogP contribution is 2.13. The minimum absolute atomic E-state index is 0.140. The van der Waals surface area contributed by atoms with Gasteiger partial charge in [-0.25, -0.2) is 0 Å². The van der Waals surface area contributed by atoms with Crippen molar-refractivity contribution in [2.45, 2.75) is 26.4 Å². The molecule has 1 fully saturated rings. The zero-order chi connectivity index (χ0) is 13.7. The Morgan fingerprint density at radius 2 is 2.00 bits per heavy atom. The molecule has 0 bridgehead atoms. The molecule has 1 N–H and O–H groups in total. The molecule has 1 saturated heterocycles. The van der Waals surface area contributed by atoms with Crippen LogP contribution in [0.15, 0.2) is 17.5 Å². The van der Waals surface area contributed by atoms with E-state index in [-0.39, 0.29) is 11.9 Å². The number of hydrogen-bond donors (Lipinski definition) is 1. The minimum Gasteiger partial charge on any atom is -0.353 e. The maximum atomic E-state index is 11.7. The summed E-state index contributed by atoms with van der Waals surface area (Å²) in [5, 5.41) is 5.07. The molecule has 0 aliphatic carbocycles. The Bertz CT molecular complexity index is 383. The van der Waals surface area contributed by atoms with Crippen LogP contribution in [0.1, 0.15) is 18.7 Å². The lowest BCUT2D eigenvalue weighted by Crippen LogP contribution is -2.49. The van der Waals surface area contributed by atoms with Crippen molar-refractivity contribution in [3.05, 3.63) is 22.4 Å². The summed E-state index contributed by atoms with van der Waals surface area (Å²) < 4.78 is 0. The van der Waals surface area contributed by atoms with Gasteiger partial charge in [-0.1, -0.05) is 6.07 Å². The summed E-state index contributed by atoms with van der Waals surface area (Å²) in [6.07, 6.45) is 0. The first-order chi connectivity index (χ1) is 9.13. The van der Waals surface area contributed by atoms with Crippen LogP contribution in [-0.4, -0.2) is 54.5 Å². The topological polar surface area (TPSA) is 35.6 Å². The van der Waals surface area contributed by atoms with Gasteiger partial charge in [0.1, 0.15) is 0 Å². The lowest BCUT2D eigenvalue weighted by atomic mass is 10.3. The molecule has 2 rings (SSSR count). The van der Waals surface area contributed by atoms with E-state index in [2.05, 4.69) is 32.6 Å². The van der Waals surface area contributed by atoms with Crippen molar-refractivity contribution >= 4 is 17.2 Å². The van der Waals surface area contributed by atoms with Crippen molar-refractivity contribution in [3.8, 4) is 0 Å². The summed E-state index contributed by atoms with van der Waals surface area (Å²) in [6, 6.07) is 4.52. The highest BCUT2D eigenvalue weighted by Gasteiger charge is 2.19. The normalized spacial score (nSPS) is 17.8. The molecule has 1 aliphatic rings. The van der Waals surface area contributed by atoms with E-state index in [9.17, 15) is 4.79 Å². The summed E-state index contributed by atoms with van der Waals surface area (Å²) in [5.41, 5.74) is 0. The van der Waals surface area contributed by atoms with Gasteiger partial charge >= 0.3 is 0 Å². The molecule has 0 atom stereocenters. The van der Waals surface area contributed by atoms with Crippen molar-refractivity contribution in [3.63, 3.8) is 0 Å². The van der Waals surface area contributed by atoms with Crippen molar-refractivity contribution in [1.82, 2.24) is 15.1 Å². The number of rotatable bonds is 5. The fraction of sp³-hybridized carbons (Fsp3) is 0.643. The average molecular weight is 281 g/mol. The van der Waals surface area contributed by atoms with Crippen LogP contribution >= 0.6 is 11.3 Å². The number of nitrogens with zero attached hydrogens (tertiary/aromatic N) is 2. The van der Waals surface area contributed by atoms with E-state index in [0.29, 0.717) is 6.54 Å². The number of carbonyl (C=O) groups is 1. The van der Waals surface area contributed by atoms with E-state index in [1.165, 1.54) is 4.88 Å². The Labute approximate surface area is 119 Å². The summed E-state index contributed by atoms with van der Waals surface area (Å²) in [5.74, 6) is 0.140. The maximum Gasteiger partial charge on any atom is 0.234 e. The predicted octanol–water partition coefficient (Wildman–Crippen LogP) is 1.39. The molecule has 4 nitrogen and oxygen atoms in total. The summed E-state index contributed by atoms with van der Waals surface area (Å²) in [4.78, 5) is 17.8. The molecule has 19 heavy (non-hydrogen) atoms. The van der Waals surface area contributed by atoms with Gasteiger partial charge in [-0.05, 0) is 25.3 Å². The number of nitrogens with one attached hydrogen (secondary N) is 1. The Balaban J connectivity index is 1.69. The molecule has 0 radical (unpaired) electrons. The Morgan fingerprint density at radius 1 is 1.32 bits per heavy atom. The number of piperazine rings is 1. The molecule has 1 amide bonds. The Kier molecular flexibility index (Phi) is 5.36. The van der Waals surface area contributed by atoms with E-state index in [1.54, 1.807) is 0 Å². The van der Waals surface area contributed by atoms with E-state index in [4.69, 9.17) is 0 Å². The number of amides is 1. The molecule has 1 aromatic heterocycles. The van der Waals surface area contributed by atoms with E-state index in [1.807, 2.05) is 25.2 Å². The summed E-state index contributed by atoms with van der Waals surface area (Å²) in [7, 11) is 0. The standard InChI is InChI=1S/C14H23N3OS/c1-12(2)15-14(18)11-17-7-5-16(6-8-17)10-13-4-3-9-19-13/h3-4,9,12H,5-8,10-11H2,1-2H3,(H,15,18). The van der Waals surface area contributed by atoms with Gasteiger partial charge in [0.05, 0.1) is 6.54 Å². The maximum absolute atomic E-state index is 11.7. The van der Waals surface area contributed by atoms with E-state index in [0.717, 1.165) is 32.7 Å². The van der Waals surface area contributed by atoms with Crippen molar-refractivity contribution < 1.29 is 4.79 Å². The summed E-state index contributed by atoms with van der Waals surface area (Å²) >= 11 is 1.82. The molecule has 5 heteroatoms. The fourth-order valence-corrected chi connectivity index (χ4v) is 3.05. The van der Waals surface area contributed by atoms with Crippen molar-refractivity contribution in [2.75, 3.05) is 32.7 Å². The van der Waals surface area contributed by atoms with Crippen LogP contribution < -0.4 is 5.32 Å². The third-order valence-corrected chi connectivity index (χ3v) is 4.10. The van der Waals surface area contributed by atoms with Gasteiger partial charge in [0, 0.05) is 43.6 Å². The third kappa shape index (κ3) is 4.93. The van der Waals surface area contributed by atoms with Gasteiger partial charge in [-0.2, -0.15) is 0 Å². The van der Waals surface area contributed by atoms with Crippen LogP contribution in [0, 0.1) is 0 Å². The second-order valence-corrected chi connectivity index (χ2v) is 6.39. The Morgan fingerprint density at radius 3 is 2.58 bits per heavy atom. The molecule has 0 aromatic carbocycles. The van der Waals surface area contributed by atoms with Crippen molar-refractivity contribution in [1.29, 1.82) is 0 Å². The van der Waals surface area contributed by atoms with Crippen LogP contribution in [0.25, 0.3) is 0 Å².